The van der Waals surface area contributed by atoms with E-state index in [0.29, 0.717) is 18.0 Å². The van der Waals surface area contributed by atoms with Crippen LogP contribution in [0.2, 0.25) is 5.02 Å². The van der Waals surface area contributed by atoms with Gasteiger partial charge in [0.05, 0.1) is 17.7 Å². The molecule has 0 aliphatic rings. The molecule has 27 heavy (non-hydrogen) atoms. The maximum Gasteiger partial charge on any atom is 0.263 e. The predicted octanol–water partition coefficient (Wildman–Crippen LogP) is 3.55. The highest BCUT2D eigenvalue weighted by Gasteiger charge is 2.11. The Morgan fingerprint density at radius 1 is 1.30 bits per heavy atom. The van der Waals surface area contributed by atoms with Gasteiger partial charge in [0.1, 0.15) is 4.88 Å². The standard InChI is InChI=1S/C18H24ClN5OS.HI/c1-4-20-18(24(3)11-14-5-7-15(19)8-6-14)22-10-9-21-17(25)16-13(2)23-12-26-16;/h5-8,12H,4,9-11H2,1-3H3,(H,20,22)(H,21,25);1H. The van der Waals surface area contributed by atoms with Crippen molar-refractivity contribution in [3.63, 3.8) is 0 Å². The van der Waals surface area contributed by atoms with Crippen molar-refractivity contribution in [1.29, 1.82) is 0 Å². The van der Waals surface area contributed by atoms with Gasteiger partial charge >= 0.3 is 0 Å². The van der Waals surface area contributed by atoms with Crippen LogP contribution in [-0.4, -0.2) is 48.4 Å². The van der Waals surface area contributed by atoms with Crippen molar-refractivity contribution in [3.8, 4) is 0 Å². The molecule has 9 heteroatoms. The Morgan fingerprint density at radius 3 is 2.59 bits per heavy atom. The molecule has 0 saturated carbocycles. The number of halogens is 2. The van der Waals surface area contributed by atoms with Crippen LogP contribution in [0.3, 0.4) is 0 Å². The molecule has 0 saturated heterocycles. The van der Waals surface area contributed by atoms with E-state index in [9.17, 15) is 4.79 Å². The van der Waals surface area contributed by atoms with Crippen molar-refractivity contribution in [2.75, 3.05) is 26.7 Å². The molecule has 0 aliphatic heterocycles. The number of thiazole rings is 1. The summed E-state index contributed by atoms with van der Waals surface area (Å²) in [5.74, 6) is 0.699. The van der Waals surface area contributed by atoms with Crippen molar-refractivity contribution in [1.82, 2.24) is 20.5 Å². The summed E-state index contributed by atoms with van der Waals surface area (Å²) >= 11 is 7.28. The lowest BCUT2D eigenvalue weighted by Gasteiger charge is -2.22. The number of carbonyl (C=O) groups excluding carboxylic acids is 1. The lowest BCUT2D eigenvalue weighted by atomic mass is 10.2. The molecule has 0 unspecified atom stereocenters. The zero-order chi connectivity index (χ0) is 18.9. The van der Waals surface area contributed by atoms with E-state index in [1.807, 2.05) is 50.1 Å². The first-order valence-corrected chi connectivity index (χ1v) is 9.69. The van der Waals surface area contributed by atoms with E-state index in [1.165, 1.54) is 11.3 Å². The van der Waals surface area contributed by atoms with Crippen molar-refractivity contribution >= 4 is 58.8 Å². The van der Waals surface area contributed by atoms with Crippen molar-refractivity contribution < 1.29 is 4.79 Å². The second-order valence-electron chi connectivity index (χ2n) is 5.74. The smallest absolute Gasteiger partial charge is 0.263 e. The van der Waals surface area contributed by atoms with Gasteiger partial charge in [-0.3, -0.25) is 9.79 Å². The Hall–Kier alpha value is -1.39. The summed E-state index contributed by atoms with van der Waals surface area (Å²) in [5.41, 5.74) is 3.58. The van der Waals surface area contributed by atoms with Crippen molar-refractivity contribution in [2.24, 2.45) is 4.99 Å². The molecule has 0 aliphatic carbocycles. The topological polar surface area (TPSA) is 69.6 Å². The normalized spacial score (nSPS) is 10.9. The molecule has 1 amide bonds. The quantitative estimate of drug-likeness (QED) is 0.253. The first-order chi connectivity index (χ1) is 12.5. The van der Waals surface area contributed by atoms with E-state index < -0.39 is 0 Å². The van der Waals surface area contributed by atoms with Crippen LogP contribution in [0.4, 0.5) is 0 Å². The SMILES string of the molecule is CCNC(=NCCNC(=O)c1scnc1C)N(C)Cc1ccc(Cl)cc1.I. The number of carbonyl (C=O) groups is 1. The highest BCUT2D eigenvalue weighted by atomic mass is 127. The van der Waals surface area contributed by atoms with Crippen molar-refractivity contribution in [3.05, 3.63) is 50.9 Å². The van der Waals surface area contributed by atoms with Gasteiger partial charge in [0.15, 0.2) is 5.96 Å². The minimum Gasteiger partial charge on any atom is -0.357 e. The van der Waals surface area contributed by atoms with Gasteiger partial charge in [-0.1, -0.05) is 23.7 Å². The third-order valence-electron chi connectivity index (χ3n) is 3.64. The Labute approximate surface area is 186 Å². The van der Waals surface area contributed by atoms with Gasteiger partial charge in [0, 0.05) is 31.7 Å². The number of hydrogen-bond donors (Lipinski definition) is 2. The molecule has 1 aromatic heterocycles. The van der Waals surface area contributed by atoms with Crippen LogP contribution in [0, 0.1) is 6.92 Å². The molecule has 2 aromatic rings. The van der Waals surface area contributed by atoms with Crippen LogP contribution in [0.1, 0.15) is 27.9 Å². The average molecular weight is 522 g/mol. The van der Waals surface area contributed by atoms with E-state index in [0.717, 1.165) is 35.3 Å². The van der Waals surface area contributed by atoms with Gasteiger partial charge < -0.3 is 15.5 Å². The average Bonchev–Trinajstić information content (AvgIpc) is 3.05. The van der Waals surface area contributed by atoms with Crippen LogP contribution < -0.4 is 10.6 Å². The number of nitrogens with zero attached hydrogens (tertiary/aromatic N) is 3. The molecule has 0 atom stereocenters. The fraction of sp³-hybridized carbons (Fsp3) is 0.389. The molecule has 1 aromatic carbocycles. The minimum atomic E-state index is -0.0975. The van der Waals surface area contributed by atoms with E-state index in [2.05, 4.69) is 20.6 Å². The van der Waals surface area contributed by atoms with Crippen LogP contribution in [0.25, 0.3) is 0 Å². The Bertz CT molecular complexity index is 750. The number of aliphatic imine (C=N–C) groups is 1. The minimum absolute atomic E-state index is 0. The number of aromatic nitrogens is 1. The lowest BCUT2D eigenvalue weighted by molar-refractivity contribution is 0.0958. The fourth-order valence-corrected chi connectivity index (χ4v) is 3.18. The van der Waals surface area contributed by atoms with Crippen LogP contribution >= 0.6 is 46.9 Å². The molecule has 148 valence electrons. The summed E-state index contributed by atoms with van der Waals surface area (Å²) in [6, 6.07) is 7.76. The summed E-state index contributed by atoms with van der Waals surface area (Å²) < 4.78 is 0. The lowest BCUT2D eigenvalue weighted by Crippen LogP contribution is -2.39. The molecule has 0 fully saturated rings. The molecule has 0 radical (unpaired) electrons. The van der Waals surface area contributed by atoms with Gasteiger partial charge in [-0.05, 0) is 31.5 Å². The number of hydrogen-bond acceptors (Lipinski definition) is 4. The van der Waals surface area contributed by atoms with Gasteiger partial charge in [0.2, 0.25) is 0 Å². The zero-order valence-corrected chi connectivity index (χ0v) is 19.6. The number of nitrogens with one attached hydrogen (secondary N) is 2. The Kier molecular flexibility index (Phi) is 10.6. The Balaban J connectivity index is 0.00000364. The molecule has 1 heterocycles. The number of amides is 1. The molecule has 2 N–H and O–H groups in total. The van der Waals surface area contributed by atoms with Crippen LogP contribution in [0.5, 0.6) is 0 Å². The summed E-state index contributed by atoms with van der Waals surface area (Å²) in [7, 11) is 1.98. The highest BCUT2D eigenvalue weighted by molar-refractivity contribution is 14.0. The predicted molar refractivity (Wildman–Crippen MR) is 123 cm³/mol. The number of aryl methyl sites for hydroxylation is 1. The summed E-state index contributed by atoms with van der Waals surface area (Å²) in [6.07, 6.45) is 0. The van der Waals surface area contributed by atoms with E-state index >= 15 is 0 Å². The molecular weight excluding hydrogens is 497 g/mol. The van der Waals surface area contributed by atoms with Crippen LogP contribution in [0.15, 0.2) is 34.8 Å². The maximum absolute atomic E-state index is 12.1. The summed E-state index contributed by atoms with van der Waals surface area (Å²) in [6.45, 7) is 6.32. The van der Waals surface area contributed by atoms with E-state index in [4.69, 9.17) is 11.6 Å². The number of rotatable bonds is 7. The summed E-state index contributed by atoms with van der Waals surface area (Å²) in [5, 5.41) is 6.88. The largest absolute Gasteiger partial charge is 0.357 e. The molecular formula is C18H25ClIN5OS. The number of benzene rings is 1. The van der Waals surface area contributed by atoms with Gasteiger partial charge in [0.25, 0.3) is 5.91 Å². The second kappa shape index (κ2) is 12.1. The molecule has 0 spiro atoms. The molecule has 0 bridgehead atoms. The Morgan fingerprint density at radius 2 is 2.00 bits per heavy atom. The van der Waals surface area contributed by atoms with Crippen LogP contribution in [-0.2, 0) is 6.54 Å². The molecule has 6 nitrogen and oxygen atoms in total. The van der Waals surface area contributed by atoms with Crippen molar-refractivity contribution in [2.45, 2.75) is 20.4 Å². The monoisotopic (exact) mass is 521 g/mol. The highest BCUT2D eigenvalue weighted by Crippen LogP contribution is 2.12. The van der Waals surface area contributed by atoms with Gasteiger partial charge in [-0.2, -0.15) is 0 Å². The third kappa shape index (κ3) is 7.63. The zero-order valence-electron chi connectivity index (χ0n) is 15.7. The first kappa shape index (κ1) is 23.6. The molecule has 2 rings (SSSR count). The van der Waals surface area contributed by atoms with Gasteiger partial charge in [-0.25, -0.2) is 4.98 Å². The number of guanidine groups is 1. The third-order valence-corrected chi connectivity index (χ3v) is 4.82. The van der Waals surface area contributed by atoms with Gasteiger partial charge in [-0.15, -0.1) is 35.3 Å². The second-order valence-corrected chi connectivity index (χ2v) is 7.03. The first-order valence-electron chi connectivity index (χ1n) is 8.43. The maximum atomic E-state index is 12.1. The summed E-state index contributed by atoms with van der Waals surface area (Å²) in [4.78, 5) is 23.4. The van der Waals surface area contributed by atoms with E-state index in [-0.39, 0.29) is 29.9 Å². The van der Waals surface area contributed by atoms with E-state index in [1.54, 1.807) is 5.51 Å². The fourth-order valence-electron chi connectivity index (χ4n) is 2.34.